The van der Waals surface area contributed by atoms with Crippen LogP contribution in [0.15, 0.2) is 18.2 Å². The number of carbonyl (C=O) groups is 2. The highest BCUT2D eigenvalue weighted by Crippen LogP contribution is 2.25. The molecule has 0 fully saturated rings. The molecule has 0 heterocycles. The van der Waals surface area contributed by atoms with Crippen LogP contribution in [-0.4, -0.2) is 24.9 Å². The van der Waals surface area contributed by atoms with Gasteiger partial charge >= 0.3 is 0 Å². The van der Waals surface area contributed by atoms with E-state index in [1.54, 1.807) is 25.1 Å². The summed E-state index contributed by atoms with van der Waals surface area (Å²) in [5, 5.41) is 5.43. The monoisotopic (exact) mass is 274 g/mol. The molecule has 2 amide bonds. The van der Waals surface area contributed by atoms with Crippen LogP contribution in [0.2, 0.25) is 10.0 Å². The maximum absolute atomic E-state index is 11.8. The van der Waals surface area contributed by atoms with Crippen LogP contribution in [0.25, 0.3) is 0 Å². The molecule has 0 saturated heterocycles. The first-order valence-corrected chi connectivity index (χ1v) is 5.69. The van der Waals surface area contributed by atoms with Gasteiger partial charge in [0.2, 0.25) is 5.91 Å². The summed E-state index contributed by atoms with van der Waals surface area (Å²) in [7, 11) is 1.50. The van der Waals surface area contributed by atoms with E-state index in [-0.39, 0.29) is 16.5 Å². The summed E-state index contributed by atoms with van der Waals surface area (Å²) in [6.07, 6.45) is 0. The first-order valence-electron chi connectivity index (χ1n) is 4.93. The Labute approximate surface area is 109 Å². The van der Waals surface area contributed by atoms with Crippen LogP contribution >= 0.6 is 23.2 Å². The highest BCUT2D eigenvalue weighted by atomic mass is 35.5. The fourth-order valence-corrected chi connectivity index (χ4v) is 1.62. The summed E-state index contributed by atoms with van der Waals surface area (Å²) in [6, 6.07) is 4.11. The highest BCUT2D eigenvalue weighted by molar-refractivity contribution is 6.43. The Morgan fingerprint density at radius 1 is 1.29 bits per heavy atom. The van der Waals surface area contributed by atoms with Crippen molar-refractivity contribution in [3.8, 4) is 0 Å². The minimum Gasteiger partial charge on any atom is -0.357 e. The average molecular weight is 275 g/mol. The largest absolute Gasteiger partial charge is 0.357 e. The third-order valence-corrected chi connectivity index (χ3v) is 3.00. The van der Waals surface area contributed by atoms with Crippen LogP contribution in [-0.2, 0) is 4.79 Å². The fourth-order valence-electron chi connectivity index (χ4n) is 1.24. The number of benzene rings is 1. The van der Waals surface area contributed by atoms with Crippen molar-refractivity contribution in [2.75, 3.05) is 7.05 Å². The van der Waals surface area contributed by atoms with Crippen molar-refractivity contribution in [1.82, 2.24) is 10.6 Å². The van der Waals surface area contributed by atoms with Crippen LogP contribution in [0.4, 0.5) is 0 Å². The Balaban J connectivity index is 2.84. The normalized spacial score (nSPS) is 11.8. The number of amides is 2. The van der Waals surface area contributed by atoms with Crippen LogP contribution in [0.3, 0.4) is 0 Å². The molecule has 1 atom stereocenters. The van der Waals surface area contributed by atoms with Gasteiger partial charge in [0.1, 0.15) is 6.04 Å². The van der Waals surface area contributed by atoms with E-state index in [0.29, 0.717) is 5.02 Å². The smallest absolute Gasteiger partial charge is 0.253 e. The van der Waals surface area contributed by atoms with Gasteiger partial charge in [-0.1, -0.05) is 29.3 Å². The average Bonchev–Trinajstić information content (AvgIpc) is 2.31. The van der Waals surface area contributed by atoms with E-state index in [4.69, 9.17) is 23.2 Å². The van der Waals surface area contributed by atoms with Gasteiger partial charge in [-0.25, -0.2) is 0 Å². The first kappa shape index (κ1) is 13.8. The molecule has 2 N–H and O–H groups in total. The maximum atomic E-state index is 11.8. The summed E-state index contributed by atoms with van der Waals surface area (Å²) in [5.41, 5.74) is 0.245. The molecule has 0 radical (unpaired) electrons. The van der Waals surface area contributed by atoms with Crippen molar-refractivity contribution in [2.45, 2.75) is 13.0 Å². The zero-order chi connectivity index (χ0) is 13.0. The molecular weight excluding hydrogens is 263 g/mol. The lowest BCUT2D eigenvalue weighted by atomic mass is 10.2. The van der Waals surface area contributed by atoms with Gasteiger partial charge in [-0.2, -0.15) is 0 Å². The summed E-state index contributed by atoms with van der Waals surface area (Å²) >= 11 is 11.7. The van der Waals surface area contributed by atoms with Crippen molar-refractivity contribution in [1.29, 1.82) is 0 Å². The first-order chi connectivity index (χ1) is 7.97. The third-order valence-electron chi connectivity index (χ3n) is 2.18. The summed E-state index contributed by atoms with van der Waals surface area (Å²) < 4.78 is 0. The number of hydrogen-bond donors (Lipinski definition) is 2. The Morgan fingerprint density at radius 2 is 1.94 bits per heavy atom. The molecule has 0 aromatic heterocycles. The topological polar surface area (TPSA) is 58.2 Å². The highest BCUT2D eigenvalue weighted by Gasteiger charge is 2.17. The Morgan fingerprint density at radius 3 is 2.53 bits per heavy atom. The molecule has 0 unspecified atom stereocenters. The van der Waals surface area contributed by atoms with E-state index in [9.17, 15) is 9.59 Å². The Kier molecular flexibility index (Phi) is 4.78. The second-order valence-electron chi connectivity index (χ2n) is 3.41. The molecule has 1 rings (SSSR count). The molecule has 92 valence electrons. The van der Waals surface area contributed by atoms with Crippen molar-refractivity contribution >= 4 is 35.0 Å². The Bertz CT molecular complexity index is 449. The SMILES string of the molecule is CNC(=O)[C@@H](C)NC(=O)c1cccc(Cl)c1Cl. The standard InChI is InChI=1S/C11H12Cl2N2O2/c1-6(10(16)14-2)15-11(17)7-4-3-5-8(12)9(7)13/h3-6H,1-2H3,(H,14,16)(H,15,17)/t6-/m1/s1. The van der Waals surface area contributed by atoms with Gasteiger partial charge in [-0.05, 0) is 19.1 Å². The summed E-state index contributed by atoms with van der Waals surface area (Å²) in [5.74, 6) is -0.717. The zero-order valence-corrected chi connectivity index (χ0v) is 10.9. The van der Waals surface area contributed by atoms with Crippen LogP contribution in [0.5, 0.6) is 0 Å². The van der Waals surface area contributed by atoms with Crippen molar-refractivity contribution in [2.24, 2.45) is 0 Å². The molecule has 1 aromatic rings. The zero-order valence-electron chi connectivity index (χ0n) is 9.38. The molecule has 17 heavy (non-hydrogen) atoms. The number of halogens is 2. The van der Waals surface area contributed by atoms with Crippen LogP contribution in [0.1, 0.15) is 17.3 Å². The number of hydrogen-bond acceptors (Lipinski definition) is 2. The van der Waals surface area contributed by atoms with E-state index in [1.165, 1.54) is 7.05 Å². The predicted octanol–water partition coefficient (Wildman–Crippen LogP) is 1.86. The second kappa shape index (κ2) is 5.89. The summed E-state index contributed by atoms with van der Waals surface area (Å²) in [4.78, 5) is 23.1. The predicted molar refractivity (Wildman–Crippen MR) is 67.5 cm³/mol. The lowest BCUT2D eigenvalue weighted by Crippen LogP contribution is -2.43. The van der Waals surface area contributed by atoms with Crippen LogP contribution in [0, 0.1) is 0 Å². The van der Waals surface area contributed by atoms with E-state index >= 15 is 0 Å². The molecule has 0 aliphatic carbocycles. The minimum atomic E-state index is -0.637. The summed E-state index contributed by atoms with van der Waals surface area (Å²) in [6.45, 7) is 1.58. The van der Waals surface area contributed by atoms with Crippen LogP contribution < -0.4 is 10.6 Å². The number of likely N-dealkylation sites (N-methyl/N-ethyl adjacent to an activating group) is 1. The quantitative estimate of drug-likeness (QED) is 0.884. The molecule has 0 saturated carbocycles. The van der Waals surface area contributed by atoms with Gasteiger partial charge in [-0.3, -0.25) is 9.59 Å². The minimum absolute atomic E-state index is 0.177. The molecule has 6 heteroatoms. The molecule has 4 nitrogen and oxygen atoms in total. The van der Waals surface area contributed by atoms with Gasteiger partial charge in [0, 0.05) is 7.05 Å². The number of nitrogens with one attached hydrogen (secondary N) is 2. The Hall–Kier alpha value is -1.26. The van der Waals surface area contributed by atoms with Crippen molar-refractivity contribution < 1.29 is 9.59 Å². The van der Waals surface area contributed by atoms with E-state index in [2.05, 4.69) is 10.6 Å². The lowest BCUT2D eigenvalue weighted by molar-refractivity contribution is -0.122. The van der Waals surface area contributed by atoms with Crippen molar-refractivity contribution in [3.63, 3.8) is 0 Å². The maximum Gasteiger partial charge on any atom is 0.253 e. The van der Waals surface area contributed by atoms with E-state index < -0.39 is 11.9 Å². The van der Waals surface area contributed by atoms with Gasteiger partial charge in [0.25, 0.3) is 5.91 Å². The third kappa shape index (κ3) is 3.35. The van der Waals surface area contributed by atoms with E-state index in [0.717, 1.165) is 0 Å². The van der Waals surface area contributed by atoms with Gasteiger partial charge in [-0.15, -0.1) is 0 Å². The molecular formula is C11H12Cl2N2O2. The molecule has 0 aliphatic rings. The van der Waals surface area contributed by atoms with Gasteiger partial charge in [0.05, 0.1) is 15.6 Å². The second-order valence-corrected chi connectivity index (χ2v) is 4.20. The molecule has 1 aromatic carbocycles. The lowest BCUT2D eigenvalue weighted by Gasteiger charge is -2.13. The van der Waals surface area contributed by atoms with Crippen molar-refractivity contribution in [3.05, 3.63) is 33.8 Å². The molecule has 0 spiro atoms. The number of carbonyl (C=O) groups excluding carboxylic acids is 2. The van der Waals surface area contributed by atoms with Gasteiger partial charge < -0.3 is 10.6 Å². The van der Waals surface area contributed by atoms with E-state index in [1.807, 2.05) is 0 Å². The fraction of sp³-hybridized carbons (Fsp3) is 0.273. The number of rotatable bonds is 3. The molecule has 0 bridgehead atoms. The van der Waals surface area contributed by atoms with Gasteiger partial charge in [0.15, 0.2) is 0 Å². The molecule has 0 aliphatic heterocycles.